The molecule has 0 radical (unpaired) electrons. The van der Waals surface area contributed by atoms with Gasteiger partial charge in [-0.25, -0.2) is 13.1 Å². The van der Waals surface area contributed by atoms with E-state index in [1.54, 1.807) is 7.11 Å². The van der Waals surface area contributed by atoms with Crippen LogP contribution in [0, 0.1) is 0 Å². The van der Waals surface area contributed by atoms with E-state index in [2.05, 4.69) is 21.4 Å². The van der Waals surface area contributed by atoms with Crippen LogP contribution in [0.3, 0.4) is 0 Å². The zero-order valence-corrected chi connectivity index (χ0v) is 17.6. The first kappa shape index (κ1) is 19.8. The lowest BCUT2D eigenvalue weighted by Crippen LogP contribution is -2.40. The maximum Gasteiger partial charge on any atom is 0.244 e. The fourth-order valence-corrected chi connectivity index (χ4v) is 6.07. The van der Waals surface area contributed by atoms with Gasteiger partial charge in [0.2, 0.25) is 22.6 Å². The molecule has 0 saturated carbocycles. The molecule has 3 heterocycles. The number of nitrogens with zero attached hydrogens (tertiary/aromatic N) is 2. The summed E-state index contributed by atoms with van der Waals surface area (Å²) >= 11 is 0. The van der Waals surface area contributed by atoms with Crippen LogP contribution in [0.2, 0.25) is 0 Å². The first-order chi connectivity index (χ1) is 13.5. The van der Waals surface area contributed by atoms with E-state index in [4.69, 9.17) is 14.2 Å². The number of likely N-dealkylation sites (tertiary alicyclic amines) is 1. The summed E-state index contributed by atoms with van der Waals surface area (Å²) in [5.41, 5.74) is 1.65. The molecule has 1 unspecified atom stereocenters. The average molecular weight is 412 g/mol. The molecular weight excluding hydrogens is 382 g/mol. The minimum atomic E-state index is -3.74. The van der Waals surface area contributed by atoms with E-state index in [0.29, 0.717) is 31.0 Å². The fraction of sp³-hybridized carbons (Fsp3) is 0.684. The number of fused-ring (bicyclic) bond motifs is 2. The molecule has 156 valence electrons. The Morgan fingerprint density at radius 2 is 2.00 bits per heavy atom. The summed E-state index contributed by atoms with van der Waals surface area (Å²) < 4.78 is 46.4. The van der Waals surface area contributed by atoms with Crippen LogP contribution in [-0.2, 0) is 23.0 Å². The lowest BCUT2D eigenvalue weighted by atomic mass is 9.97. The van der Waals surface area contributed by atoms with Crippen molar-refractivity contribution in [1.82, 2.24) is 14.5 Å². The van der Waals surface area contributed by atoms with Crippen LogP contribution in [0.4, 0.5) is 0 Å². The first-order valence-electron chi connectivity index (χ1n) is 9.89. The van der Waals surface area contributed by atoms with Crippen molar-refractivity contribution in [2.75, 3.05) is 47.1 Å². The number of methoxy groups -OCH3 is 1. The van der Waals surface area contributed by atoms with Gasteiger partial charge in [0.15, 0.2) is 11.5 Å². The van der Waals surface area contributed by atoms with Gasteiger partial charge in [0, 0.05) is 31.2 Å². The normalized spacial score (nSPS) is 22.5. The van der Waals surface area contributed by atoms with Gasteiger partial charge in [-0.2, -0.15) is 0 Å². The van der Waals surface area contributed by atoms with Crippen molar-refractivity contribution in [3.05, 3.63) is 11.1 Å². The Morgan fingerprint density at radius 3 is 2.75 bits per heavy atom. The molecule has 0 aromatic heterocycles. The number of hydrogen-bond acceptors (Lipinski definition) is 7. The highest BCUT2D eigenvalue weighted by Gasteiger charge is 2.38. The number of ether oxygens (including phenoxy) is 3. The Balaban J connectivity index is 1.72. The van der Waals surface area contributed by atoms with Gasteiger partial charge in [0.25, 0.3) is 0 Å². The van der Waals surface area contributed by atoms with Gasteiger partial charge in [-0.3, -0.25) is 4.90 Å². The third kappa shape index (κ3) is 3.34. The van der Waals surface area contributed by atoms with Gasteiger partial charge in [-0.1, -0.05) is 6.92 Å². The van der Waals surface area contributed by atoms with Crippen molar-refractivity contribution in [1.29, 1.82) is 0 Å². The first-order valence-corrected chi connectivity index (χ1v) is 11.4. The maximum absolute atomic E-state index is 13.4. The van der Waals surface area contributed by atoms with E-state index in [1.165, 1.54) is 0 Å². The SMILES string of the molecule is CCN1CCCC1CNS(=O)(=O)c1c2c(c(OC)c3c1OCO3)CN(C)CC2. The number of sulfonamides is 1. The predicted molar refractivity (Wildman–Crippen MR) is 105 cm³/mol. The zero-order chi connectivity index (χ0) is 19.9. The molecule has 1 aromatic carbocycles. The third-order valence-corrected chi connectivity index (χ3v) is 7.51. The van der Waals surface area contributed by atoms with Crippen molar-refractivity contribution >= 4 is 10.0 Å². The molecule has 1 saturated heterocycles. The van der Waals surface area contributed by atoms with Gasteiger partial charge < -0.3 is 19.1 Å². The average Bonchev–Trinajstić information content (AvgIpc) is 3.33. The smallest absolute Gasteiger partial charge is 0.244 e. The number of nitrogens with one attached hydrogen (secondary N) is 1. The molecule has 0 aliphatic carbocycles. The number of likely N-dealkylation sites (N-methyl/N-ethyl adjacent to an activating group) is 2. The Kier molecular flexibility index (Phi) is 5.43. The van der Waals surface area contributed by atoms with Crippen molar-refractivity contribution in [3.63, 3.8) is 0 Å². The molecule has 1 aromatic rings. The molecule has 0 bridgehead atoms. The summed E-state index contributed by atoms with van der Waals surface area (Å²) in [5, 5.41) is 0. The Labute approximate surface area is 166 Å². The highest BCUT2D eigenvalue weighted by molar-refractivity contribution is 7.89. The van der Waals surface area contributed by atoms with Crippen LogP contribution < -0.4 is 18.9 Å². The molecule has 9 heteroatoms. The second-order valence-corrected chi connectivity index (χ2v) is 9.35. The van der Waals surface area contributed by atoms with Crippen LogP contribution in [0.25, 0.3) is 0 Å². The van der Waals surface area contributed by atoms with Crippen LogP contribution in [0.5, 0.6) is 17.2 Å². The zero-order valence-electron chi connectivity index (χ0n) is 16.8. The standard InChI is InChI=1S/C19H29N3O5S/c1-4-22-8-5-6-13(22)10-20-28(23,24)19-14-7-9-21(2)11-15(14)16(25-3)17-18(19)27-12-26-17/h13,20H,4-12H2,1-3H3. The van der Waals surface area contributed by atoms with Crippen LogP contribution in [0.15, 0.2) is 4.90 Å². The topological polar surface area (TPSA) is 80.3 Å². The van der Waals surface area contributed by atoms with E-state index in [-0.39, 0.29) is 23.5 Å². The Bertz CT molecular complexity index is 858. The van der Waals surface area contributed by atoms with Crippen LogP contribution in [0.1, 0.15) is 30.9 Å². The van der Waals surface area contributed by atoms with Crippen molar-refractivity contribution in [2.45, 2.75) is 43.7 Å². The minimum absolute atomic E-state index is 0.000810. The monoisotopic (exact) mass is 411 g/mol. The predicted octanol–water partition coefficient (Wildman–Crippen LogP) is 1.17. The molecule has 28 heavy (non-hydrogen) atoms. The lowest BCUT2D eigenvalue weighted by molar-refractivity contribution is 0.169. The molecule has 4 rings (SSSR count). The summed E-state index contributed by atoms with van der Waals surface area (Å²) in [7, 11) is -0.150. The third-order valence-electron chi connectivity index (χ3n) is 6.00. The van der Waals surface area contributed by atoms with Gasteiger partial charge >= 0.3 is 0 Å². The van der Waals surface area contributed by atoms with E-state index < -0.39 is 10.0 Å². The molecule has 1 atom stereocenters. The second kappa shape index (κ2) is 7.70. The van der Waals surface area contributed by atoms with E-state index >= 15 is 0 Å². The van der Waals surface area contributed by atoms with Crippen molar-refractivity contribution in [3.8, 4) is 17.2 Å². The summed E-state index contributed by atoms with van der Waals surface area (Å²) in [6.07, 6.45) is 2.75. The quantitative estimate of drug-likeness (QED) is 0.753. The van der Waals surface area contributed by atoms with Crippen molar-refractivity contribution in [2.24, 2.45) is 0 Å². The molecule has 0 amide bonds. The van der Waals surface area contributed by atoms with Gasteiger partial charge in [0.1, 0.15) is 4.90 Å². The molecule has 1 N–H and O–H groups in total. The molecular formula is C19H29N3O5S. The van der Waals surface area contributed by atoms with E-state index in [1.807, 2.05) is 7.05 Å². The molecule has 1 fully saturated rings. The van der Waals surface area contributed by atoms with Crippen LogP contribution in [-0.4, -0.2) is 71.4 Å². The van der Waals surface area contributed by atoms with Gasteiger partial charge in [-0.15, -0.1) is 0 Å². The second-order valence-electron chi connectivity index (χ2n) is 7.65. The highest BCUT2D eigenvalue weighted by Crippen LogP contribution is 2.51. The van der Waals surface area contributed by atoms with E-state index in [9.17, 15) is 8.42 Å². The fourth-order valence-electron chi connectivity index (χ4n) is 4.57. The van der Waals surface area contributed by atoms with Gasteiger partial charge in [-0.05, 0) is 45.0 Å². The van der Waals surface area contributed by atoms with Crippen molar-refractivity contribution < 1.29 is 22.6 Å². The Morgan fingerprint density at radius 1 is 1.21 bits per heavy atom. The van der Waals surface area contributed by atoms with Gasteiger partial charge in [0.05, 0.1) is 7.11 Å². The molecule has 3 aliphatic heterocycles. The number of rotatable bonds is 6. The molecule has 0 spiro atoms. The summed E-state index contributed by atoms with van der Waals surface area (Å²) in [5.74, 6) is 1.26. The largest absolute Gasteiger partial charge is 0.492 e. The Hall–Kier alpha value is -1.55. The molecule has 8 nitrogen and oxygen atoms in total. The highest BCUT2D eigenvalue weighted by atomic mass is 32.2. The summed E-state index contributed by atoms with van der Waals surface area (Å²) in [6.45, 7) is 5.88. The van der Waals surface area contributed by atoms with Crippen LogP contribution >= 0.6 is 0 Å². The number of benzene rings is 1. The maximum atomic E-state index is 13.4. The summed E-state index contributed by atoms with van der Waals surface area (Å²) in [4.78, 5) is 4.70. The van der Waals surface area contributed by atoms with E-state index in [0.717, 1.165) is 43.6 Å². The number of hydrogen-bond donors (Lipinski definition) is 1. The minimum Gasteiger partial charge on any atom is -0.492 e. The lowest BCUT2D eigenvalue weighted by Gasteiger charge is -2.29. The molecule has 3 aliphatic rings. The summed E-state index contributed by atoms with van der Waals surface area (Å²) in [6, 6.07) is 0.241.